The van der Waals surface area contributed by atoms with Crippen LogP contribution >= 0.6 is 0 Å². The molecule has 1 fully saturated rings. The maximum atomic E-state index is 11.4. The van der Waals surface area contributed by atoms with Gasteiger partial charge in [0.2, 0.25) is 0 Å². The van der Waals surface area contributed by atoms with Crippen molar-refractivity contribution >= 4 is 0 Å². The molecule has 118 valence electrons. The molecule has 2 nitrogen and oxygen atoms in total. The number of allylic oxidation sites excluding steroid dienone is 2. The van der Waals surface area contributed by atoms with Crippen molar-refractivity contribution in [2.45, 2.75) is 65.1 Å². The largest absolute Gasteiger partial charge is 0.389 e. The van der Waals surface area contributed by atoms with Gasteiger partial charge in [-0.15, -0.1) is 0 Å². The lowest BCUT2D eigenvalue weighted by atomic mass is 9.50. The molecular formula is C19H30O2. The fourth-order valence-electron chi connectivity index (χ4n) is 5.22. The van der Waals surface area contributed by atoms with Crippen LogP contribution < -0.4 is 0 Å². The predicted octanol–water partition coefficient (Wildman–Crippen LogP) is 3.69. The molecule has 0 spiro atoms. The van der Waals surface area contributed by atoms with E-state index in [2.05, 4.69) is 45.9 Å². The van der Waals surface area contributed by atoms with Crippen molar-refractivity contribution in [1.29, 1.82) is 0 Å². The Labute approximate surface area is 128 Å². The molecule has 0 aromatic carbocycles. The fourth-order valence-corrected chi connectivity index (χ4v) is 5.22. The summed E-state index contributed by atoms with van der Waals surface area (Å²) in [5, 5.41) is 21.4. The average molecular weight is 290 g/mol. The second kappa shape index (κ2) is 4.70. The van der Waals surface area contributed by atoms with Gasteiger partial charge in [-0.3, -0.25) is 0 Å². The topological polar surface area (TPSA) is 40.5 Å². The lowest BCUT2D eigenvalue weighted by Crippen LogP contribution is -2.54. The van der Waals surface area contributed by atoms with E-state index in [0.717, 1.165) is 25.7 Å². The summed E-state index contributed by atoms with van der Waals surface area (Å²) < 4.78 is 0. The SMILES string of the molecule is CC(C)C1(O)C=C[C@@]2(C)CC[C@@]3(C)C=C[C@@H](O)CC[C@@H]3[C@@H]12. The Kier molecular flexibility index (Phi) is 3.42. The van der Waals surface area contributed by atoms with Crippen molar-refractivity contribution in [1.82, 2.24) is 0 Å². The number of rotatable bonds is 1. The van der Waals surface area contributed by atoms with Gasteiger partial charge in [0.25, 0.3) is 0 Å². The highest BCUT2D eigenvalue weighted by atomic mass is 16.3. The zero-order valence-electron chi connectivity index (χ0n) is 13.8. The molecule has 21 heavy (non-hydrogen) atoms. The van der Waals surface area contributed by atoms with Gasteiger partial charge in [0.1, 0.15) is 0 Å². The third-order valence-corrected chi connectivity index (χ3v) is 6.79. The summed E-state index contributed by atoms with van der Waals surface area (Å²) in [7, 11) is 0. The van der Waals surface area contributed by atoms with Crippen LogP contribution in [0.2, 0.25) is 0 Å². The molecular weight excluding hydrogens is 260 g/mol. The minimum atomic E-state index is -0.704. The standard InChI is InChI=1S/C19H30O2/c1-13(2)19(21)12-11-18(4)10-9-17(3)8-7-14(20)5-6-15(17)16(18)19/h7-8,11-16,20-21H,5-6,9-10H2,1-4H3/t14-,15+,16+,17+,18+,19?/m0/s1. The number of hydrogen-bond donors (Lipinski definition) is 2. The second-order valence-corrected chi connectivity index (χ2v) is 8.47. The van der Waals surface area contributed by atoms with E-state index in [9.17, 15) is 10.2 Å². The van der Waals surface area contributed by atoms with Crippen LogP contribution in [0, 0.1) is 28.6 Å². The molecule has 0 bridgehead atoms. The molecule has 0 radical (unpaired) electrons. The second-order valence-electron chi connectivity index (χ2n) is 8.47. The van der Waals surface area contributed by atoms with Gasteiger partial charge in [0, 0.05) is 5.92 Å². The first-order chi connectivity index (χ1) is 9.71. The van der Waals surface area contributed by atoms with Crippen LogP contribution in [-0.2, 0) is 0 Å². The molecule has 0 saturated heterocycles. The van der Waals surface area contributed by atoms with Crippen LogP contribution in [0.25, 0.3) is 0 Å². The number of fused-ring (bicyclic) bond motifs is 3. The first-order valence-corrected chi connectivity index (χ1v) is 8.51. The summed E-state index contributed by atoms with van der Waals surface area (Å²) in [5.74, 6) is 0.922. The van der Waals surface area contributed by atoms with Crippen LogP contribution in [0.3, 0.4) is 0 Å². The minimum absolute atomic E-state index is 0.104. The van der Waals surface area contributed by atoms with Crippen LogP contribution in [0.15, 0.2) is 24.3 Å². The van der Waals surface area contributed by atoms with E-state index in [4.69, 9.17) is 0 Å². The summed E-state index contributed by atoms with van der Waals surface area (Å²) in [5.41, 5.74) is -0.493. The van der Waals surface area contributed by atoms with Crippen molar-refractivity contribution in [2.75, 3.05) is 0 Å². The fraction of sp³-hybridized carbons (Fsp3) is 0.789. The van der Waals surface area contributed by atoms with Gasteiger partial charge in [0.05, 0.1) is 11.7 Å². The molecule has 2 heteroatoms. The van der Waals surface area contributed by atoms with Gasteiger partial charge in [-0.1, -0.05) is 52.0 Å². The van der Waals surface area contributed by atoms with Crippen LogP contribution in [0.4, 0.5) is 0 Å². The Morgan fingerprint density at radius 3 is 2.33 bits per heavy atom. The maximum Gasteiger partial charge on any atom is 0.0889 e. The molecule has 0 aromatic heterocycles. The Balaban J connectivity index is 2.04. The van der Waals surface area contributed by atoms with Crippen LogP contribution in [-0.4, -0.2) is 21.9 Å². The van der Waals surface area contributed by atoms with E-state index in [1.807, 2.05) is 6.08 Å². The highest BCUT2D eigenvalue weighted by Crippen LogP contribution is 2.63. The molecule has 3 rings (SSSR count). The van der Waals surface area contributed by atoms with E-state index in [0.29, 0.717) is 5.92 Å². The van der Waals surface area contributed by atoms with Gasteiger partial charge in [-0.2, -0.15) is 0 Å². The molecule has 0 amide bonds. The van der Waals surface area contributed by atoms with E-state index < -0.39 is 5.60 Å². The lowest BCUT2D eigenvalue weighted by Gasteiger charge is -2.55. The Morgan fingerprint density at radius 1 is 1.00 bits per heavy atom. The van der Waals surface area contributed by atoms with Crippen molar-refractivity contribution in [3.8, 4) is 0 Å². The minimum Gasteiger partial charge on any atom is -0.389 e. The molecule has 2 N–H and O–H groups in total. The van der Waals surface area contributed by atoms with Crippen molar-refractivity contribution in [3.63, 3.8) is 0 Å². The summed E-state index contributed by atoms with van der Waals surface area (Å²) in [6.45, 7) is 8.90. The van der Waals surface area contributed by atoms with Gasteiger partial charge in [-0.05, 0) is 48.3 Å². The highest BCUT2D eigenvalue weighted by molar-refractivity contribution is 5.28. The summed E-state index contributed by atoms with van der Waals surface area (Å²) >= 11 is 0. The Hall–Kier alpha value is -0.600. The van der Waals surface area contributed by atoms with Gasteiger partial charge >= 0.3 is 0 Å². The molecule has 1 unspecified atom stereocenters. The van der Waals surface area contributed by atoms with Crippen molar-refractivity contribution < 1.29 is 10.2 Å². The zero-order chi connectivity index (χ0) is 15.5. The average Bonchev–Trinajstić information content (AvgIpc) is 2.61. The summed E-state index contributed by atoms with van der Waals surface area (Å²) in [6, 6.07) is 0. The number of hydrogen-bond acceptors (Lipinski definition) is 2. The smallest absolute Gasteiger partial charge is 0.0889 e. The van der Waals surface area contributed by atoms with Crippen molar-refractivity contribution in [2.24, 2.45) is 28.6 Å². The maximum absolute atomic E-state index is 11.4. The van der Waals surface area contributed by atoms with E-state index in [1.54, 1.807) is 0 Å². The Morgan fingerprint density at radius 2 is 1.67 bits per heavy atom. The van der Waals surface area contributed by atoms with Crippen LogP contribution in [0.5, 0.6) is 0 Å². The predicted molar refractivity (Wildman–Crippen MR) is 85.7 cm³/mol. The van der Waals surface area contributed by atoms with Crippen molar-refractivity contribution in [3.05, 3.63) is 24.3 Å². The van der Waals surface area contributed by atoms with E-state index in [-0.39, 0.29) is 28.8 Å². The number of aliphatic hydroxyl groups excluding tert-OH is 1. The molecule has 6 atom stereocenters. The summed E-state index contributed by atoms with van der Waals surface area (Å²) in [6.07, 6.45) is 12.4. The van der Waals surface area contributed by atoms with E-state index >= 15 is 0 Å². The van der Waals surface area contributed by atoms with Gasteiger partial charge in [0.15, 0.2) is 0 Å². The third kappa shape index (κ3) is 2.14. The number of aliphatic hydroxyl groups is 2. The first kappa shape index (κ1) is 15.3. The molecule has 0 heterocycles. The monoisotopic (exact) mass is 290 g/mol. The first-order valence-electron chi connectivity index (χ1n) is 8.51. The molecule has 0 aromatic rings. The lowest BCUT2D eigenvalue weighted by molar-refractivity contribution is -0.113. The molecule has 0 aliphatic heterocycles. The highest BCUT2D eigenvalue weighted by Gasteiger charge is 2.60. The van der Waals surface area contributed by atoms with E-state index in [1.165, 1.54) is 0 Å². The zero-order valence-corrected chi connectivity index (χ0v) is 13.8. The normalized spacial score (nSPS) is 52.6. The molecule has 1 saturated carbocycles. The summed E-state index contributed by atoms with van der Waals surface area (Å²) in [4.78, 5) is 0. The van der Waals surface area contributed by atoms with Gasteiger partial charge < -0.3 is 10.2 Å². The third-order valence-electron chi connectivity index (χ3n) is 6.79. The molecule has 3 aliphatic carbocycles. The quantitative estimate of drug-likeness (QED) is 0.723. The Bertz CT molecular complexity index is 480. The van der Waals surface area contributed by atoms with Gasteiger partial charge in [-0.25, -0.2) is 0 Å². The molecule has 3 aliphatic rings. The van der Waals surface area contributed by atoms with Crippen LogP contribution in [0.1, 0.15) is 53.4 Å².